The number of rotatable bonds is 5. The molecule has 0 spiro atoms. The number of carbonyl (C=O) groups excluding carboxylic acids is 3. The SMILES string of the molecule is Cc1ccc(NCC(=O)NNC(=O)C2CCN(C(=O)c3cccs3)CC2)c(C)c1. The molecule has 1 aliphatic heterocycles. The van der Waals surface area contributed by atoms with Crippen LogP contribution >= 0.6 is 11.3 Å². The number of benzene rings is 1. The van der Waals surface area contributed by atoms with Crippen LogP contribution in [-0.4, -0.2) is 42.3 Å². The van der Waals surface area contributed by atoms with Crippen LogP contribution in [0.5, 0.6) is 0 Å². The van der Waals surface area contributed by atoms with E-state index in [1.807, 2.05) is 49.6 Å². The Labute approximate surface area is 174 Å². The monoisotopic (exact) mass is 414 g/mol. The van der Waals surface area contributed by atoms with Crippen molar-refractivity contribution in [1.29, 1.82) is 0 Å². The number of likely N-dealkylation sites (tertiary alicyclic amines) is 1. The van der Waals surface area contributed by atoms with Crippen LogP contribution in [0, 0.1) is 19.8 Å². The highest BCUT2D eigenvalue weighted by Gasteiger charge is 2.28. The van der Waals surface area contributed by atoms with Crippen LogP contribution < -0.4 is 16.2 Å². The highest BCUT2D eigenvalue weighted by molar-refractivity contribution is 7.12. The second-order valence-corrected chi connectivity index (χ2v) is 8.20. The summed E-state index contributed by atoms with van der Waals surface area (Å²) < 4.78 is 0. The Morgan fingerprint density at radius 3 is 2.52 bits per heavy atom. The first-order valence-corrected chi connectivity index (χ1v) is 10.5. The summed E-state index contributed by atoms with van der Waals surface area (Å²) in [7, 11) is 0. The molecule has 2 aromatic rings. The van der Waals surface area contributed by atoms with Gasteiger partial charge in [-0.1, -0.05) is 23.8 Å². The Hall–Kier alpha value is -2.87. The van der Waals surface area contributed by atoms with Gasteiger partial charge in [-0.3, -0.25) is 25.2 Å². The zero-order chi connectivity index (χ0) is 20.8. The summed E-state index contributed by atoms with van der Waals surface area (Å²) in [6.07, 6.45) is 1.17. The molecule has 1 fully saturated rings. The number of nitrogens with one attached hydrogen (secondary N) is 3. The Bertz CT molecular complexity index is 874. The summed E-state index contributed by atoms with van der Waals surface area (Å²) in [6.45, 7) is 5.14. The lowest BCUT2D eigenvalue weighted by atomic mass is 9.96. The lowest BCUT2D eigenvalue weighted by Gasteiger charge is -2.31. The van der Waals surface area contributed by atoms with Crippen molar-refractivity contribution >= 4 is 34.7 Å². The molecule has 0 unspecified atom stereocenters. The molecule has 1 saturated heterocycles. The number of amides is 3. The minimum absolute atomic E-state index is 0.0182. The lowest BCUT2D eigenvalue weighted by molar-refractivity contribution is -0.131. The standard InChI is InChI=1S/C21H26N4O3S/c1-14-5-6-17(15(2)12-14)22-13-19(26)23-24-20(27)16-7-9-25(10-8-16)21(28)18-4-3-11-29-18/h3-6,11-12,16,22H,7-10,13H2,1-2H3,(H,23,26)(H,24,27). The summed E-state index contributed by atoms with van der Waals surface area (Å²) in [4.78, 5) is 39.2. The van der Waals surface area contributed by atoms with Crippen LogP contribution in [0.4, 0.5) is 5.69 Å². The number of hydrogen-bond acceptors (Lipinski definition) is 5. The van der Waals surface area contributed by atoms with Crippen LogP contribution in [0.25, 0.3) is 0 Å². The van der Waals surface area contributed by atoms with Crippen molar-refractivity contribution in [3.8, 4) is 0 Å². The van der Waals surface area contributed by atoms with Gasteiger partial charge in [0.1, 0.15) is 0 Å². The molecule has 0 radical (unpaired) electrons. The van der Waals surface area contributed by atoms with Crippen molar-refractivity contribution in [3.05, 3.63) is 51.7 Å². The fourth-order valence-corrected chi connectivity index (χ4v) is 4.06. The Kier molecular flexibility index (Phi) is 6.87. The Morgan fingerprint density at radius 2 is 1.86 bits per heavy atom. The molecule has 2 heterocycles. The predicted molar refractivity (Wildman–Crippen MR) is 114 cm³/mol. The first-order valence-electron chi connectivity index (χ1n) is 9.66. The molecule has 3 N–H and O–H groups in total. The van der Waals surface area contributed by atoms with E-state index in [0.717, 1.165) is 21.7 Å². The molecule has 1 aliphatic rings. The summed E-state index contributed by atoms with van der Waals surface area (Å²) in [5.74, 6) is -0.726. The molecule has 1 aromatic heterocycles. The van der Waals surface area contributed by atoms with Gasteiger partial charge >= 0.3 is 0 Å². The van der Waals surface area contributed by atoms with E-state index in [9.17, 15) is 14.4 Å². The largest absolute Gasteiger partial charge is 0.376 e. The quantitative estimate of drug-likeness (QED) is 0.656. The molecule has 0 aliphatic carbocycles. The molecule has 7 nitrogen and oxygen atoms in total. The van der Waals surface area contributed by atoms with Gasteiger partial charge in [0.25, 0.3) is 11.8 Å². The first kappa shape index (κ1) is 20.9. The van der Waals surface area contributed by atoms with E-state index in [0.29, 0.717) is 25.9 Å². The van der Waals surface area contributed by atoms with E-state index in [4.69, 9.17) is 0 Å². The van der Waals surface area contributed by atoms with Crippen molar-refractivity contribution in [3.63, 3.8) is 0 Å². The van der Waals surface area contributed by atoms with Gasteiger partial charge in [0.2, 0.25) is 5.91 Å². The lowest BCUT2D eigenvalue weighted by Crippen LogP contribution is -2.49. The number of anilines is 1. The van der Waals surface area contributed by atoms with Crippen molar-refractivity contribution < 1.29 is 14.4 Å². The van der Waals surface area contributed by atoms with Crippen molar-refractivity contribution in [2.45, 2.75) is 26.7 Å². The molecule has 0 bridgehead atoms. The number of carbonyl (C=O) groups is 3. The Balaban J connectivity index is 1.38. The van der Waals surface area contributed by atoms with E-state index >= 15 is 0 Å². The topological polar surface area (TPSA) is 90.5 Å². The smallest absolute Gasteiger partial charge is 0.263 e. The van der Waals surface area contributed by atoms with E-state index in [1.54, 1.807) is 4.90 Å². The van der Waals surface area contributed by atoms with Gasteiger partial charge in [0.15, 0.2) is 0 Å². The molecule has 154 valence electrons. The minimum atomic E-state index is -0.316. The maximum absolute atomic E-state index is 12.4. The molecule has 1 aromatic carbocycles. The average Bonchev–Trinajstić information content (AvgIpc) is 3.26. The number of piperidine rings is 1. The van der Waals surface area contributed by atoms with E-state index < -0.39 is 0 Å². The van der Waals surface area contributed by atoms with E-state index in [1.165, 1.54) is 11.3 Å². The maximum Gasteiger partial charge on any atom is 0.263 e. The number of hydrogen-bond donors (Lipinski definition) is 3. The Morgan fingerprint density at radius 1 is 1.10 bits per heavy atom. The summed E-state index contributed by atoms with van der Waals surface area (Å²) in [5.41, 5.74) is 8.07. The van der Waals surface area contributed by atoms with Crippen LogP contribution in [0.15, 0.2) is 35.7 Å². The summed E-state index contributed by atoms with van der Waals surface area (Å²) >= 11 is 1.42. The van der Waals surface area contributed by atoms with Crippen LogP contribution in [0.1, 0.15) is 33.6 Å². The molecule has 0 atom stereocenters. The van der Waals surface area contributed by atoms with Crippen molar-refractivity contribution in [2.24, 2.45) is 5.92 Å². The van der Waals surface area contributed by atoms with Crippen LogP contribution in [0.3, 0.4) is 0 Å². The number of hydrazine groups is 1. The predicted octanol–water partition coefficient (Wildman–Crippen LogP) is 2.48. The first-order chi connectivity index (χ1) is 13.9. The molecule has 0 saturated carbocycles. The molecule has 8 heteroatoms. The third-order valence-electron chi connectivity index (χ3n) is 5.03. The normalized spacial score (nSPS) is 14.3. The minimum Gasteiger partial charge on any atom is -0.376 e. The highest BCUT2D eigenvalue weighted by Crippen LogP contribution is 2.21. The van der Waals surface area contributed by atoms with Gasteiger partial charge in [0.05, 0.1) is 11.4 Å². The number of aryl methyl sites for hydroxylation is 2. The summed E-state index contributed by atoms with van der Waals surface area (Å²) in [6, 6.07) is 9.62. The molecule has 3 amide bonds. The zero-order valence-corrected chi connectivity index (χ0v) is 17.5. The number of thiophene rings is 1. The van der Waals surface area contributed by atoms with Crippen molar-refractivity contribution in [2.75, 3.05) is 25.0 Å². The van der Waals surface area contributed by atoms with Gasteiger partial charge in [0, 0.05) is 24.7 Å². The van der Waals surface area contributed by atoms with Crippen molar-refractivity contribution in [1.82, 2.24) is 15.8 Å². The van der Waals surface area contributed by atoms with Gasteiger partial charge in [-0.25, -0.2) is 0 Å². The average molecular weight is 415 g/mol. The third-order valence-corrected chi connectivity index (χ3v) is 5.89. The fraction of sp³-hybridized carbons (Fsp3) is 0.381. The van der Waals surface area contributed by atoms with Gasteiger partial charge in [-0.05, 0) is 49.8 Å². The van der Waals surface area contributed by atoms with Gasteiger partial charge < -0.3 is 10.2 Å². The van der Waals surface area contributed by atoms with E-state index in [-0.39, 0.29) is 30.2 Å². The second-order valence-electron chi connectivity index (χ2n) is 7.25. The number of nitrogens with zero attached hydrogens (tertiary/aromatic N) is 1. The van der Waals surface area contributed by atoms with Gasteiger partial charge in [-0.2, -0.15) is 0 Å². The second kappa shape index (κ2) is 9.56. The molecule has 29 heavy (non-hydrogen) atoms. The fourth-order valence-electron chi connectivity index (χ4n) is 3.37. The van der Waals surface area contributed by atoms with Gasteiger partial charge in [-0.15, -0.1) is 11.3 Å². The molecule has 3 rings (SSSR count). The van der Waals surface area contributed by atoms with Crippen LogP contribution in [-0.2, 0) is 9.59 Å². The van der Waals surface area contributed by atoms with E-state index in [2.05, 4.69) is 16.2 Å². The zero-order valence-electron chi connectivity index (χ0n) is 16.7. The highest BCUT2D eigenvalue weighted by atomic mass is 32.1. The summed E-state index contributed by atoms with van der Waals surface area (Å²) in [5, 5.41) is 4.95. The maximum atomic E-state index is 12.4. The third kappa shape index (κ3) is 5.57. The van der Waals surface area contributed by atoms with Crippen LogP contribution in [0.2, 0.25) is 0 Å². The molecular weight excluding hydrogens is 388 g/mol. The molecular formula is C21H26N4O3S.